The van der Waals surface area contributed by atoms with Gasteiger partial charge in [0, 0.05) is 45.3 Å². The highest BCUT2D eigenvalue weighted by molar-refractivity contribution is 5.87. The van der Waals surface area contributed by atoms with Gasteiger partial charge in [-0.1, -0.05) is 6.08 Å². The van der Waals surface area contributed by atoms with Crippen molar-refractivity contribution in [3.63, 3.8) is 0 Å². The molecule has 2 unspecified atom stereocenters. The lowest BCUT2D eigenvalue weighted by atomic mass is 9.79. The maximum atomic E-state index is 13.0. The predicted octanol–water partition coefficient (Wildman–Crippen LogP) is 3.25. The van der Waals surface area contributed by atoms with Gasteiger partial charge in [0.15, 0.2) is 0 Å². The molecule has 2 atom stereocenters. The normalized spacial score (nSPS) is 31.1. The summed E-state index contributed by atoms with van der Waals surface area (Å²) < 4.78 is 5.54. The van der Waals surface area contributed by atoms with Crippen LogP contribution in [0, 0.1) is 23.2 Å². The lowest BCUT2D eigenvalue weighted by Gasteiger charge is -2.42. The molecule has 156 valence electrons. The summed E-state index contributed by atoms with van der Waals surface area (Å²) in [5.41, 5.74) is -0.233. The molecule has 0 spiro atoms. The number of nitrogens with zero attached hydrogens (tertiary/aromatic N) is 2. The highest BCUT2D eigenvalue weighted by Crippen LogP contribution is 2.48. The topological polar surface area (TPSA) is 49.9 Å². The van der Waals surface area contributed by atoms with Gasteiger partial charge in [-0.25, -0.2) is 0 Å². The van der Waals surface area contributed by atoms with E-state index in [4.69, 9.17) is 4.74 Å². The summed E-state index contributed by atoms with van der Waals surface area (Å²) in [5.74, 6) is 2.08. The SMILES string of the molecule is C=CC1(C(=O)N2CCC(C3CCCN(C(=O)C4CCCOCC4)C3)CC2)CC1. The van der Waals surface area contributed by atoms with E-state index in [0.29, 0.717) is 23.7 Å². The Labute approximate surface area is 169 Å². The highest BCUT2D eigenvalue weighted by Gasteiger charge is 2.49. The van der Waals surface area contributed by atoms with Crippen LogP contribution in [0.25, 0.3) is 0 Å². The molecule has 4 fully saturated rings. The lowest BCUT2D eigenvalue weighted by Crippen LogP contribution is -2.48. The molecule has 1 saturated carbocycles. The van der Waals surface area contributed by atoms with Gasteiger partial charge in [0.25, 0.3) is 0 Å². The van der Waals surface area contributed by atoms with Crippen LogP contribution in [0.3, 0.4) is 0 Å². The van der Waals surface area contributed by atoms with Gasteiger partial charge in [-0.15, -0.1) is 6.58 Å². The average Bonchev–Trinajstić information content (AvgIpc) is 3.57. The maximum absolute atomic E-state index is 13.0. The van der Waals surface area contributed by atoms with Crippen LogP contribution >= 0.6 is 0 Å². The van der Waals surface area contributed by atoms with Crippen LogP contribution < -0.4 is 0 Å². The zero-order valence-electron chi connectivity index (χ0n) is 17.2. The molecule has 0 aromatic rings. The van der Waals surface area contributed by atoms with E-state index < -0.39 is 0 Å². The molecule has 0 N–H and O–H groups in total. The molecule has 3 saturated heterocycles. The van der Waals surface area contributed by atoms with E-state index in [1.807, 2.05) is 6.08 Å². The summed E-state index contributed by atoms with van der Waals surface area (Å²) in [6.07, 6.45) is 11.2. The van der Waals surface area contributed by atoms with Crippen molar-refractivity contribution < 1.29 is 14.3 Å². The fourth-order valence-corrected chi connectivity index (χ4v) is 5.53. The van der Waals surface area contributed by atoms with Crippen molar-refractivity contribution >= 4 is 11.8 Å². The first-order valence-corrected chi connectivity index (χ1v) is 11.4. The summed E-state index contributed by atoms with van der Waals surface area (Å²) in [4.78, 5) is 30.0. The minimum absolute atomic E-state index is 0.161. The van der Waals surface area contributed by atoms with Crippen molar-refractivity contribution in [3.05, 3.63) is 12.7 Å². The number of amides is 2. The largest absolute Gasteiger partial charge is 0.381 e. The first-order chi connectivity index (χ1) is 13.6. The lowest BCUT2D eigenvalue weighted by molar-refractivity contribution is -0.139. The number of rotatable bonds is 4. The third-order valence-corrected chi connectivity index (χ3v) is 7.67. The molecular formula is C23H36N2O3. The predicted molar refractivity (Wildman–Crippen MR) is 109 cm³/mol. The Balaban J connectivity index is 1.28. The second-order valence-electron chi connectivity index (χ2n) is 9.42. The van der Waals surface area contributed by atoms with E-state index in [0.717, 1.165) is 90.8 Å². The van der Waals surface area contributed by atoms with E-state index in [2.05, 4.69) is 16.4 Å². The Morgan fingerprint density at radius 1 is 0.893 bits per heavy atom. The third-order valence-electron chi connectivity index (χ3n) is 7.67. The van der Waals surface area contributed by atoms with Crippen LogP contribution in [-0.4, -0.2) is 61.0 Å². The maximum Gasteiger partial charge on any atom is 0.232 e. The molecule has 0 bridgehead atoms. The first-order valence-electron chi connectivity index (χ1n) is 11.4. The molecule has 3 heterocycles. The van der Waals surface area contributed by atoms with Crippen LogP contribution in [-0.2, 0) is 14.3 Å². The monoisotopic (exact) mass is 388 g/mol. The smallest absolute Gasteiger partial charge is 0.232 e. The van der Waals surface area contributed by atoms with Gasteiger partial charge in [0.05, 0.1) is 5.41 Å². The molecule has 4 rings (SSSR count). The van der Waals surface area contributed by atoms with Gasteiger partial charge >= 0.3 is 0 Å². The summed E-state index contributed by atoms with van der Waals surface area (Å²) >= 11 is 0. The summed E-state index contributed by atoms with van der Waals surface area (Å²) in [6.45, 7) is 9.01. The van der Waals surface area contributed by atoms with Crippen LogP contribution in [0.4, 0.5) is 0 Å². The fraction of sp³-hybridized carbons (Fsp3) is 0.826. The minimum Gasteiger partial charge on any atom is -0.381 e. The molecule has 1 aliphatic carbocycles. The molecule has 4 aliphatic rings. The van der Waals surface area contributed by atoms with Gasteiger partial charge in [-0.3, -0.25) is 9.59 Å². The zero-order chi connectivity index (χ0) is 19.6. The van der Waals surface area contributed by atoms with Crippen molar-refractivity contribution in [3.8, 4) is 0 Å². The summed E-state index contributed by atoms with van der Waals surface area (Å²) in [6, 6.07) is 0. The Bertz CT molecular complexity index is 585. The number of ether oxygens (including phenoxy) is 1. The third kappa shape index (κ3) is 4.14. The van der Waals surface area contributed by atoms with E-state index >= 15 is 0 Å². The molecule has 0 aromatic heterocycles. The van der Waals surface area contributed by atoms with Crippen molar-refractivity contribution in [2.45, 2.75) is 57.8 Å². The quantitative estimate of drug-likeness (QED) is 0.695. The van der Waals surface area contributed by atoms with Crippen molar-refractivity contribution in [1.29, 1.82) is 0 Å². The second-order valence-corrected chi connectivity index (χ2v) is 9.42. The number of hydrogen-bond acceptors (Lipinski definition) is 3. The molecule has 2 amide bonds. The average molecular weight is 389 g/mol. The standard InChI is InChI=1S/C23H36N2O3/c1-2-23(10-11-23)22(27)24-13-7-18(8-14-24)20-5-3-12-25(17-20)21(26)19-6-4-15-28-16-9-19/h2,18-20H,1,3-17H2. The summed E-state index contributed by atoms with van der Waals surface area (Å²) in [7, 11) is 0. The van der Waals surface area contributed by atoms with Gasteiger partial charge in [-0.05, 0) is 69.6 Å². The van der Waals surface area contributed by atoms with E-state index in [9.17, 15) is 9.59 Å². The number of piperidine rings is 2. The Kier molecular flexibility index (Phi) is 6.10. The number of carbonyl (C=O) groups excluding carboxylic acids is 2. The van der Waals surface area contributed by atoms with Gasteiger partial charge in [-0.2, -0.15) is 0 Å². The van der Waals surface area contributed by atoms with Gasteiger partial charge < -0.3 is 14.5 Å². The Hall–Kier alpha value is -1.36. The van der Waals surface area contributed by atoms with Crippen LogP contribution in [0.2, 0.25) is 0 Å². The first kappa shape index (κ1) is 19.9. The minimum atomic E-state index is -0.233. The van der Waals surface area contributed by atoms with Crippen LogP contribution in [0.1, 0.15) is 57.8 Å². The van der Waals surface area contributed by atoms with E-state index in [1.165, 1.54) is 6.42 Å². The fourth-order valence-electron chi connectivity index (χ4n) is 5.53. The summed E-state index contributed by atoms with van der Waals surface area (Å²) in [5, 5.41) is 0. The van der Waals surface area contributed by atoms with Gasteiger partial charge in [0.1, 0.15) is 0 Å². The molecular weight excluding hydrogens is 352 g/mol. The van der Waals surface area contributed by atoms with E-state index in [1.54, 1.807) is 0 Å². The highest BCUT2D eigenvalue weighted by atomic mass is 16.5. The number of hydrogen-bond donors (Lipinski definition) is 0. The van der Waals surface area contributed by atoms with Crippen molar-refractivity contribution in [2.24, 2.45) is 23.2 Å². The molecule has 3 aliphatic heterocycles. The number of likely N-dealkylation sites (tertiary alicyclic amines) is 2. The Morgan fingerprint density at radius 2 is 1.68 bits per heavy atom. The molecule has 0 aromatic carbocycles. The number of carbonyl (C=O) groups is 2. The molecule has 28 heavy (non-hydrogen) atoms. The molecule has 0 radical (unpaired) electrons. The molecule has 5 heteroatoms. The van der Waals surface area contributed by atoms with Gasteiger partial charge in [0.2, 0.25) is 11.8 Å². The van der Waals surface area contributed by atoms with E-state index in [-0.39, 0.29) is 11.3 Å². The van der Waals surface area contributed by atoms with Crippen LogP contribution in [0.15, 0.2) is 12.7 Å². The Morgan fingerprint density at radius 3 is 2.39 bits per heavy atom. The zero-order valence-corrected chi connectivity index (χ0v) is 17.2. The van der Waals surface area contributed by atoms with Crippen LogP contribution in [0.5, 0.6) is 0 Å². The molecule has 5 nitrogen and oxygen atoms in total. The van der Waals surface area contributed by atoms with Crippen molar-refractivity contribution in [1.82, 2.24) is 9.80 Å². The van der Waals surface area contributed by atoms with Crippen molar-refractivity contribution in [2.75, 3.05) is 39.4 Å². The second kappa shape index (κ2) is 8.56.